The monoisotopic (exact) mass is 223 g/mol. The molecule has 0 bridgehead atoms. The summed E-state index contributed by atoms with van der Waals surface area (Å²) in [4.78, 5) is 0. The number of nitrogens with one attached hydrogen (secondary N) is 1. The summed E-state index contributed by atoms with van der Waals surface area (Å²) in [7, 11) is 1.75. The first kappa shape index (κ1) is 9.72. The molecule has 0 radical (unpaired) electrons. The Kier molecular flexibility index (Phi) is 2.42. The minimum atomic E-state index is -0.00574. The van der Waals surface area contributed by atoms with Crippen molar-refractivity contribution >= 4 is 16.5 Å². The Bertz CT molecular complexity index is 484. The molecule has 1 aromatic carbocycles. The first-order chi connectivity index (χ1) is 7.20. The third-order valence-corrected chi connectivity index (χ3v) is 2.82. The molecule has 0 amide bonds. The van der Waals surface area contributed by atoms with E-state index in [1.807, 2.05) is 0 Å². The van der Waals surface area contributed by atoms with E-state index in [0.29, 0.717) is 15.7 Å². The van der Waals surface area contributed by atoms with E-state index in [2.05, 4.69) is 15.5 Å². The molecule has 6 heteroatoms. The van der Waals surface area contributed by atoms with Crippen molar-refractivity contribution in [2.45, 2.75) is 0 Å². The molecule has 0 unspecified atom stereocenters. The molecule has 15 heavy (non-hydrogen) atoms. The molecule has 0 aliphatic carbocycles. The van der Waals surface area contributed by atoms with E-state index < -0.39 is 0 Å². The number of anilines is 1. The van der Waals surface area contributed by atoms with Crippen molar-refractivity contribution in [1.82, 2.24) is 10.2 Å². The second kappa shape index (κ2) is 3.74. The number of nitrogens with zero attached hydrogens (tertiary/aromatic N) is 2. The molecule has 2 aromatic rings. The third kappa shape index (κ3) is 1.84. The second-order valence-electron chi connectivity index (χ2n) is 2.86. The van der Waals surface area contributed by atoms with Crippen LogP contribution in [-0.2, 0) is 0 Å². The van der Waals surface area contributed by atoms with E-state index in [4.69, 9.17) is 5.11 Å². The zero-order chi connectivity index (χ0) is 10.8. The number of phenolic OH excluding ortho intramolecular Hbond substituents is 2. The summed E-state index contributed by atoms with van der Waals surface area (Å²) in [5, 5.41) is 30.6. The van der Waals surface area contributed by atoms with Crippen LogP contribution in [-0.4, -0.2) is 27.5 Å². The first-order valence-electron chi connectivity index (χ1n) is 4.24. The van der Waals surface area contributed by atoms with E-state index in [1.165, 1.54) is 23.5 Å². The van der Waals surface area contributed by atoms with E-state index >= 15 is 0 Å². The van der Waals surface area contributed by atoms with E-state index in [0.717, 1.165) is 0 Å². The van der Waals surface area contributed by atoms with Gasteiger partial charge in [0.25, 0.3) is 0 Å². The topological polar surface area (TPSA) is 78.3 Å². The van der Waals surface area contributed by atoms with Gasteiger partial charge in [0.1, 0.15) is 11.5 Å². The predicted molar refractivity (Wildman–Crippen MR) is 58.2 cm³/mol. The van der Waals surface area contributed by atoms with Crippen LogP contribution in [0.25, 0.3) is 10.6 Å². The number of hydrogen-bond donors (Lipinski definition) is 3. The van der Waals surface area contributed by atoms with Crippen molar-refractivity contribution in [3.63, 3.8) is 0 Å². The largest absolute Gasteiger partial charge is 0.508 e. The Morgan fingerprint density at radius 3 is 2.67 bits per heavy atom. The van der Waals surface area contributed by atoms with Crippen LogP contribution in [0, 0.1) is 0 Å². The fourth-order valence-electron chi connectivity index (χ4n) is 1.13. The van der Waals surface area contributed by atoms with Crippen molar-refractivity contribution in [3.05, 3.63) is 18.2 Å². The van der Waals surface area contributed by atoms with Gasteiger partial charge in [-0.3, -0.25) is 0 Å². The van der Waals surface area contributed by atoms with Crippen LogP contribution in [0.3, 0.4) is 0 Å². The summed E-state index contributed by atoms with van der Waals surface area (Å²) in [6.45, 7) is 0. The van der Waals surface area contributed by atoms with Gasteiger partial charge in [0.15, 0.2) is 5.01 Å². The molecule has 0 spiro atoms. The van der Waals surface area contributed by atoms with Crippen molar-refractivity contribution < 1.29 is 10.2 Å². The van der Waals surface area contributed by atoms with Gasteiger partial charge >= 0.3 is 0 Å². The van der Waals surface area contributed by atoms with Gasteiger partial charge in [-0.2, -0.15) is 0 Å². The maximum absolute atomic E-state index is 9.59. The fourth-order valence-corrected chi connectivity index (χ4v) is 1.87. The maximum Gasteiger partial charge on any atom is 0.205 e. The number of benzene rings is 1. The lowest BCUT2D eigenvalue weighted by molar-refractivity contribution is 0.452. The molecule has 0 aliphatic rings. The zero-order valence-electron chi connectivity index (χ0n) is 7.93. The highest BCUT2D eigenvalue weighted by Crippen LogP contribution is 2.34. The SMILES string of the molecule is CNc1nnc(-c2ccc(O)cc2O)s1. The standard InChI is InChI=1S/C9H9N3O2S/c1-10-9-12-11-8(15-9)6-3-2-5(13)4-7(6)14/h2-4,13-14H,1H3,(H,10,12). The Morgan fingerprint density at radius 1 is 1.27 bits per heavy atom. The predicted octanol–water partition coefficient (Wildman–Crippen LogP) is 1.66. The molecular weight excluding hydrogens is 214 g/mol. The van der Waals surface area contributed by atoms with E-state index in [-0.39, 0.29) is 11.5 Å². The lowest BCUT2D eigenvalue weighted by atomic mass is 10.2. The number of phenols is 2. The van der Waals surface area contributed by atoms with Crippen LogP contribution in [0.4, 0.5) is 5.13 Å². The molecule has 0 aliphatic heterocycles. The number of aromatic hydroxyl groups is 2. The lowest BCUT2D eigenvalue weighted by Gasteiger charge is -1.99. The molecule has 78 valence electrons. The molecule has 1 aromatic heterocycles. The lowest BCUT2D eigenvalue weighted by Crippen LogP contribution is -1.84. The van der Waals surface area contributed by atoms with E-state index in [1.54, 1.807) is 13.1 Å². The quantitative estimate of drug-likeness (QED) is 0.721. The van der Waals surface area contributed by atoms with Crippen molar-refractivity contribution in [1.29, 1.82) is 0 Å². The molecular formula is C9H9N3O2S. The average Bonchev–Trinajstić information content (AvgIpc) is 2.66. The van der Waals surface area contributed by atoms with E-state index in [9.17, 15) is 5.11 Å². The smallest absolute Gasteiger partial charge is 0.205 e. The number of rotatable bonds is 2. The summed E-state index contributed by atoms with van der Waals surface area (Å²) in [5.41, 5.74) is 0.562. The number of aromatic nitrogens is 2. The van der Waals surface area contributed by atoms with Crippen LogP contribution >= 0.6 is 11.3 Å². The Balaban J connectivity index is 2.44. The van der Waals surface area contributed by atoms with Gasteiger partial charge in [0, 0.05) is 13.1 Å². The highest BCUT2D eigenvalue weighted by Gasteiger charge is 2.10. The average molecular weight is 223 g/mol. The minimum Gasteiger partial charge on any atom is -0.508 e. The summed E-state index contributed by atoms with van der Waals surface area (Å²) in [5.74, 6) is 0.0170. The summed E-state index contributed by atoms with van der Waals surface area (Å²) in [6.07, 6.45) is 0. The van der Waals surface area contributed by atoms with Crippen LogP contribution in [0.15, 0.2) is 18.2 Å². The maximum atomic E-state index is 9.59. The molecule has 1 heterocycles. The Hall–Kier alpha value is -1.82. The highest BCUT2D eigenvalue weighted by molar-refractivity contribution is 7.18. The van der Waals surface area contributed by atoms with Crippen molar-refractivity contribution in [2.75, 3.05) is 12.4 Å². The molecule has 2 rings (SSSR count). The number of hydrogen-bond acceptors (Lipinski definition) is 6. The minimum absolute atomic E-state index is 0.00574. The highest BCUT2D eigenvalue weighted by atomic mass is 32.1. The van der Waals surface area contributed by atoms with Crippen LogP contribution in [0.5, 0.6) is 11.5 Å². The van der Waals surface area contributed by atoms with Gasteiger partial charge in [-0.1, -0.05) is 11.3 Å². The van der Waals surface area contributed by atoms with Crippen LogP contribution in [0.1, 0.15) is 0 Å². The summed E-state index contributed by atoms with van der Waals surface area (Å²) < 4.78 is 0. The van der Waals surface area contributed by atoms with Crippen molar-refractivity contribution in [3.8, 4) is 22.1 Å². The molecule has 5 nitrogen and oxygen atoms in total. The molecule has 0 atom stereocenters. The summed E-state index contributed by atoms with van der Waals surface area (Å²) in [6, 6.07) is 4.37. The molecule has 3 N–H and O–H groups in total. The van der Waals surface area contributed by atoms with Crippen LogP contribution < -0.4 is 5.32 Å². The Labute approximate surface area is 90.0 Å². The van der Waals surface area contributed by atoms with Gasteiger partial charge in [0.05, 0.1) is 5.56 Å². The van der Waals surface area contributed by atoms with Gasteiger partial charge in [-0.15, -0.1) is 10.2 Å². The van der Waals surface area contributed by atoms with Gasteiger partial charge in [-0.25, -0.2) is 0 Å². The van der Waals surface area contributed by atoms with Gasteiger partial charge < -0.3 is 15.5 Å². The molecule has 0 saturated carbocycles. The molecule has 0 fully saturated rings. The third-order valence-electron chi connectivity index (χ3n) is 1.85. The zero-order valence-corrected chi connectivity index (χ0v) is 8.75. The molecule has 0 saturated heterocycles. The summed E-state index contributed by atoms with van der Waals surface area (Å²) >= 11 is 1.33. The van der Waals surface area contributed by atoms with Gasteiger partial charge in [0.2, 0.25) is 5.13 Å². The Morgan fingerprint density at radius 2 is 2.07 bits per heavy atom. The van der Waals surface area contributed by atoms with Crippen LogP contribution in [0.2, 0.25) is 0 Å². The van der Waals surface area contributed by atoms with Crippen molar-refractivity contribution in [2.24, 2.45) is 0 Å². The second-order valence-corrected chi connectivity index (χ2v) is 3.84. The first-order valence-corrected chi connectivity index (χ1v) is 5.06. The fraction of sp³-hybridized carbons (Fsp3) is 0.111. The van der Waals surface area contributed by atoms with Gasteiger partial charge in [-0.05, 0) is 12.1 Å². The normalized spacial score (nSPS) is 10.2.